The maximum absolute atomic E-state index is 12.5. The number of hydrogen-bond donors (Lipinski definition) is 0. The average Bonchev–Trinajstić information content (AvgIpc) is 2.73. The predicted molar refractivity (Wildman–Crippen MR) is 104 cm³/mol. The zero-order valence-electron chi connectivity index (χ0n) is 15.4. The molecule has 0 aliphatic rings. The van der Waals surface area contributed by atoms with Gasteiger partial charge in [-0.25, -0.2) is 9.78 Å². The minimum absolute atomic E-state index is 0.0283. The van der Waals surface area contributed by atoms with Crippen LogP contribution in [0, 0.1) is 0 Å². The van der Waals surface area contributed by atoms with Crippen LogP contribution in [-0.4, -0.2) is 29.7 Å². The largest absolute Gasteiger partial charge is 0.502 e. The highest BCUT2D eigenvalue weighted by Gasteiger charge is 2.18. The SMILES string of the molecule is COC=C(C(=O)OC)n1c(-c2ccc(Oc3ccccn3)cc2)cccc1=O. The molecule has 7 heteroatoms. The normalized spacial score (nSPS) is 11.0. The van der Waals surface area contributed by atoms with E-state index in [4.69, 9.17) is 14.2 Å². The summed E-state index contributed by atoms with van der Waals surface area (Å²) in [5.74, 6) is 0.377. The van der Waals surface area contributed by atoms with E-state index in [2.05, 4.69) is 4.98 Å². The van der Waals surface area contributed by atoms with Crippen molar-refractivity contribution in [3.63, 3.8) is 0 Å². The van der Waals surface area contributed by atoms with E-state index < -0.39 is 5.97 Å². The predicted octanol–water partition coefficient (Wildman–Crippen LogP) is 3.32. The van der Waals surface area contributed by atoms with Gasteiger partial charge in [0.05, 0.1) is 19.9 Å². The summed E-state index contributed by atoms with van der Waals surface area (Å²) in [6.45, 7) is 0. The van der Waals surface area contributed by atoms with Gasteiger partial charge < -0.3 is 14.2 Å². The molecular formula is C21H18N2O5. The fourth-order valence-corrected chi connectivity index (χ4v) is 2.59. The number of ether oxygens (including phenoxy) is 3. The zero-order chi connectivity index (χ0) is 19.9. The van der Waals surface area contributed by atoms with Gasteiger partial charge in [-0.2, -0.15) is 0 Å². The molecule has 1 aromatic carbocycles. The van der Waals surface area contributed by atoms with E-state index in [1.807, 2.05) is 6.07 Å². The molecule has 2 aromatic heterocycles. The minimum atomic E-state index is -0.688. The molecule has 0 amide bonds. The molecule has 0 aliphatic heterocycles. The van der Waals surface area contributed by atoms with Gasteiger partial charge in [0.25, 0.3) is 5.56 Å². The first-order valence-electron chi connectivity index (χ1n) is 8.37. The lowest BCUT2D eigenvalue weighted by Gasteiger charge is -2.14. The van der Waals surface area contributed by atoms with Gasteiger partial charge in [0.1, 0.15) is 12.0 Å². The zero-order valence-corrected chi connectivity index (χ0v) is 15.4. The van der Waals surface area contributed by atoms with Crippen LogP contribution in [0.2, 0.25) is 0 Å². The van der Waals surface area contributed by atoms with E-state index in [0.717, 1.165) is 0 Å². The van der Waals surface area contributed by atoms with Crippen molar-refractivity contribution >= 4 is 11.7 Å². The topological polar surface area (TPSA) is 79.7 Å². The Morgan fingerprint density at radius 1 is 1.00 bits per heavy atom. The molecular weight excluding hydrogens is 360 g/mol. The molecule has 3 rings (SSSR count). The molecule has 0 N–H and O–H groups in total. The van der Waals surface area contributed by atoms with E-state index in [1.54, 1.807) is 54.7 Å². The molecule has 0 saturated carbocycles. The summed E-state index contributed by atoms with van der Waals surface area (Å²) in [6.07, 6.45) is 2.82. The first kappa shape index (κ1) is 18.9. The number of methoxy groups -OCH3 is 2. The molecule has 0 bridgehead atoms. The summed E-state index contributed by atoms with van der Waals surface area (Å²) >= 11 is 0. The average molecular weight is 378 g/mol. The fraction of sp³-hybridized carbons (Fsp3) is 0.0952. The number of aromatic nitrogens is 2. The maximum Gasteiger partial charge on any atom is 0.358 e. The second kappa shape index (κ2) is 8.68. The maximum atomic E-state index is 12.5. The lowest BCUT2D eigenvalue weighted by molar-refractivity contribution is -0.134. The summed E-state index contributed by atoms with van der Waals surface area (Å²) in [5, 5.41) is 0. The van der Waals surface area contributed by atoms with E-state index in [1.165, 1.54) is 31.1 Å². The molecule has 0 saturated heterocycles. The lowest BCUT2D eigenvalue weighted by atomic mass is 10.1. The number of rotatable bonds is 6. The Labute approximate surface area is 161 Å². The van der Waals surface area contributed by atoms with Crippen LogP contribution in [0.5, 0.6) is 11.6 Å². The Bertz CT molecular complexity index is 1040. The summed E-state index contributed by atoms with van der Waals surface area (Å²) in [6, 6.07) is 17.2. The Hall–Kier alpha value is -3.87. The van der Waals surface area contributed by atoms with Crippen LogP contribution in [-0.2, 0) is 14.3 Å². The minimum Gasteiger partial charge on any atom is -0.502 e. The summed E-state index contributed by atoms with van der Waals surface area (Å²) in [4.78, 5) is 28.7. The van der Waals surface area contributed by atoms with Crippen LogP contribution in [0.15, 0.2) is 77.9 Å². The van der Waals surface area contributed by atoms with Crippen molar-refractivity contribution < 1.29 is 19.0 Å². The quantitative estimate of drug-likeness (QED) is 0.372. The number of benzene rings is 1. The van der Waals surface area contributed by atoms with Crippen molar-refractivity contribution in [1.82, 2.24) is 9.55 Å². The van der Waals surface area contributed by atoms with Crippen LogP contribution in [0.4, 0.5) is 0 Å². The van der Waals surface area contributed by atoms with E-state index in [-0.39, 0.29) is 11.3 Å². The van der Waals surface area contributed by atoms with Gasteiger partial charge in [0.15, 0.2) is 5.70 Å². The van der Waals surface area contributed by atoms with Crippen molar-refractivity contribution in [2.75, 3.05) is 14.2 Å². The van der Waals surface area contributed by atoms with Gasteiger partial charge in [-0.1, -0.05) is 12.1 Å². The van der Waals surface area contributed by atoms with Gasteiger partial charge in [-0.3, -0.25) is 9.36 Å². The Kier molecular flexibility index (Phi) is 5.86. The van der Waals surface area contributed by atoms with Crippen molar-refractivity contribution in [3.8, 4) is 22.9 Å². The van der Waals surface area contributed by atoms with Crippen molar-refractivity contribution in [3.05, 3.63) is 83.5 Å². The van der Waals surface area contributed by atoms with E-state index in [0.29, 0.717) is 22.9 Å². The highest BCUT2D eigenvalue weighted by Crippen LogP contribution is 2.26. The van der Waals surface area contributed by atoms with Crippen LogP contribution >= 0.6 is 0 Å². The number of pyridine rings is 2. The first-order valence-corrected chi connectivity index (χ1v) is 8.37. The van der Waals surface area contributed by atoms with Crippen molar-refractivity contribution in [1.29, 1.82) is 0 Å². The van der Waals surface area contributed by atoms with Gasteiger partial charge >= 0.3 is 5.97 Å². The Morgan fingerprint density at radius 3 is 2.43 bits per heavy atom. The molecule has 0 radical (unpaired) electrons. The van der Waals surface area contributed by atoms with E-state index in [9.17, 15) is 9.59 Å². The van der Waals surface area contributed by atoms with Gasteiger partial charge in [0, 0.05) is 18.3 Å². The molecule has 0 aliphatic carbocycles. The number of carbonyl (C=O) groups excluding carboxylic acids is 1. The van der Waals surface area contributed by atoms with Gasteiger partial charge in [-0.15, -0.1) is 0 Å². The van der Waals surface area contributed by atoms with Crippen molar-refractivity contribution in [2.45, 2.75) is 0 Å². The standard InChI is InChI=1S/C21H18N2O5/c1-26-14-18(21(25)27-2)23-17(6-5-8-20(23)24)15-9-11-16(12-10-15)28-19-7-3-4-13-22-19/h3-14H,1-2H3. The lowest BCUT2D eigenvalue weighted by Crippen LogP contribution is -2.24. The highest BCUT2D eigenvalue weighted by molar-refractivity contribution is 6.10. The van der Waals surface area contributed by atoms with Crippen LogP contribution in [0.25, 0.3) is 17.0 Å². The second-order valence-electron chi connectivity index (χ2n) is 5.61. The van der Waals surface area contributed by atoms with E-state index >= 15 is 0 Å². The third-order valence-electron chi connectivity index (χ3n) is 3.83. The van der Waals surface area contributed by atoms with Crippen LogP contribution < -0.4 is 10.3 Å². The Balaban J connectivity index is 2.00. The Morgan fingerprint density at radius 2 is 1.79 bits per heavy atom. The smallest absolute Gasteiger partial charge is 0.358 e. The first-order chi connectivity index (χ1) is 13.6. The number of nitrogens with zero attached hydrogens (tertiary/aromatic N) is 2. The third kappa shape index (κ3) is 4.09. The number of esters is 1. The summed E-state index contributed by atoms with van der Waals surface area (Å²) in [7, 11) is 2.63. The molecule has 0 spiro atoms. The van der Waals surface area contributed by atoms with Crippen LogP contribution in [0.3, 0.4) is 0 Å². The highest BCUT2D eigenvalue weighted by atomic mass is 16.5. The molecule has 7 nitrogen and oxygen atoms in total. The molecule has 142 valence electrons. The molecule has 28 heavy (non-hydrogen) atoms. The fourth-order valence-electron chi connectivity index (χ4n) is 2.59. The number of hydrogen-bond acceptors (Lipinski definition) is 6. The molecule has 0 atom stereocenters. The molecule has 2 heterocycles. The third-order valence-corrected chi connectivity index (χ3v) is 3.83. The molecule has 0 fully saturated rings. The summed E-state index contributed by atoms with van der Waals surface area (Å²) < 4.78 is 16.7. The monoisotopic (exact) mass is 378 g/mol. The molecule has 0 unspecified atom stereocenters. The van der Waals surface area contributed by atoms with Crippen molar-refractivity contribution in [2.24, 2.45) is 0 Å². The molecule has 3 aromatic rings. The van der Waals surface area contributed by atoms with Gasteiger partial charge in [-0.05, 0) is 42.0 Å². The number of carbonyl (C=O) groups is 1. The second-order valence-corrected chi connectivity index (χ2v) is 5.61. The van der Waals surface area contributed by atoms with Crippen LogP contribution in [0.1, 0.15) is 0 Å². The van der Waals surface area contributed by atoms with Gasteiger partial charge in [0.2, 0.25) is 5.88 Å². The summed E-state index contributed by atoms with van der Waals surface area (Å²) in [5.41, 5.74) is 0.794.